The van der Waals surface area contributed by atoms with Gasteiger partial charge in [-0.1, -0.05) is 6.92 Å². The third-order valence-electron chi connectivity index (χ3n) is 2.17. The zero-order valence-electron chi connectivity index (χ0n) is 8.36. The molecule has 0 saturated carbocycles. The molecular weight excluding hydrogens is 170 g/mol. The minimum absolute atomic E-state index is 0.0967. The second-order valence-corrected chi connectivity index (χ2v) is 3.88. The molecule has 0 spiro atoms. The highest BCUT2D eigenvalue weighted by molar-refractivity contribution is 5.68. The van der Waals surface area contributed by atoms with E-state index in [9.17, 15) is 9.90 Å². The standard InChI is InChI=1S/C9H17NO3/c1-6(2)13-9(12)10-4-7(3)8(11)5-10/h6-8,11H,4-5H2,1-3H3. The maximum absolute atomic E-state index is 11.3. The van der Waals surface area contributed by atoms with Crippen molar-refractivity contribution < 1.29 is 14.6 Å². The van der Waals surface area contributed by atoms with Gasteiger partial charge in [0.1, 0.15) is 0 Å². The number of aliphatic hydroxyl groups is 1. The Bertz CT molecular complexity index is 183. The SMILES string of the molecule is CC(C)OC(=O)N1CC(C)C(O)C1. The fraction of sp³-hybridized carbons (Fsp3) is 0.889. The number of likely N-dealkylation sites (tertiary alicyclic amines) is 1. The number of rotatable bonds is 1. The Hall–Kier alpha value is -0.770. The second kappa shape index (κ2) is 3.96. The lowest BCUT2D eigenvalue weighted by Crippen LogP contribution is -2.31. The van der Waals surface area contributed by atoms with Gasteiger partial charge in [-0.3, -0.25) is 0 Å². The van der Waals surface area contributed by atoms with Gasteiger partial charge in [0.15, 0.2) is 0 Å². The minimum Gasteiger partial charge on any atom is -0.447 e. The largest absolute Gasteiger partial charge is 0.447 e. The highest BCUT2D eigenvalue weighted by atomic mass is 16.6. The quantitative estimate of drug-likeness (QED) is 0.662. The highest BCUT2D eigenvalue weighted by Crippen LogP contribution is 2.17. The van der Waals surface area contributed by atoms with Gasteiger partial charge in [-0.25, -0.2) is 4.79 Å². The molecule has 1 rings (SSSR count). The number of hydrogen-bond donors (Lipinski definition) is 1. The predicted octanol–water partition coefficient (Wildman–Crippen LogP) is 0.844. The van der Waals surface area contributed by atoms with E-state index in [-0.39, 0.29) is 18.1 Å². The van der Waals surface area contributed by atoms with Crippen molar-refractivity contribution in [3.8, 4) is 0 Å². The summed E-state index contributed by atoms with van der Waals surface area (Å²) in [6.45, 7) is 6.54. The molecule has 4 nitrogen and oxygen atoms in total. The fourth-order valence-corrected chi connectivity index (χ4v) is 1.37. The summed E-state index contributed by atoms with van der Waals surface area (Å²) in [7, 11) is 0. The molecule has 0 radical (unpaired) electrons. The Morgan fingerprint density at radius 1 is 1.54 bits per heavy atom. The van der Waals surface area contributed by atoms with Crippen molar-refractivity contribution in [3.05, 3.63) is 0 Å². The van der Waals surface area contributed by atoms with Gasteiger partial charge in [0.2, 0.25) is 0 Å². The average Bonchev–Trinajstić information content (AvgIpc) is 2.31. The maximum atomic E-state index is 11.3. The first-order chi connectivity index (χ1) is 6.00. The number of carbonyl (C=O) groups is 1. The van der Waals surface area contributed by atoms with Gasteiger partial charge in [-0.05, 0) is 13.8 Å². The normalized spacial score (nSPS) is 28.2. The van der Waals surface area contributed by atoms with E-state index in [1.165, 1.54) is 0 Å². The Morgan fingerprint density at radius 2 is 2.15 bits per heavy atom. The van der Waals surface area contributed by atoms with Crippen LogP contribution in [0.3, 0.4) is 0 Å². The number of ether oxygens (including phenoxy) is 1. The Morgan fingerprint density at radius 3 is 2.54 bits per heavy atom. The Labute approximate surface area is 78.5 Å². The molecule has 76 valence electrons. The summed E-state index contributed by atoms with van der Waals surface area (Å²) in [6.07, 6.45) is -0.821. The number of β-amino-alcohol motifs (C(OH)–C–C–N with tert-alkyl or cyclic N) is 1. The van der Waals surface area contributed by atoms with Crippen molar-refractivity contribution in [2.24, 2.45) is 5.92 Å². The lowest BCUT2D eigenvalue weighted by molar-refractivity contribution is 0.0784. The van der Waals surface area contributed by atoms with Crippen molar-refractivity contribution in [1.29, 1.82) is 0 Å². The first-order valence-electron chi connectivity index (χ1n) is 4.64. The summed E-state index contributed by atoms with van der Waals surface area (Å²) >= 11 is 0. The molecule has 0 aromatic rings. The van der Waals surface area contributed by atoms with Gasteiger partial charge >= 0.3 is 6.09 Å². The lowest BCUT2D eigenvalue weighted by Gasteiger charge is -2.17. The lowest BCUT2D eigenvalue weighted by atomic mass is 10.1. The molecule has 4 heteroatoms. The van der Waals surface area contributed by atoms with E-state index in [0.29, 0.717) is 13.1 Å². The zero-order valence-corrected chi connectivity index (χ0v) is 8.36. The molecule has 0 aromatic carbocycles. The maximum Gasteiger partial charge on any atom is 0.410 e. The molecular formula is C9H17NO3. The molecule has 1 aliphatic heterocycles. The third-order valence-corrected chi connectivity index (χ3v) is 2.17. The first kappa shape index (κ1) is 10.3. The van der Waals surface area contributed by atoms with E-state index in [0.717, 1.165) is 0 Å². The van der Waals surface area contributed by atoms with E-state index < -0.39 is 6.10 Å². The monoisotopic (exact) mass is 187 g/mol. The third kappa shape index (κ3) is 2.59. The summed E-state index contributed by atoms with van der Waals surface area (Å²) in [6, 6.07) is 0. The van der Waals surface area contributed by atoms with Gasteiger partial charge in [0.05, 0.1) is 18.8 Å². The molecule has 0 bridgehead atoms. The predicted molar refractivity (Wildman–Crippen MR) is 48.4 cm³/mol. The number of amides is 1. The van der Waals surface area contributed by atoms with Crippen molar-refractivity contribution >= 4 is 6.09 Å². The van der Waals surface area contributed by atoms with Crippen LogP contribution >= 0.6 is 0 Å². The van der Waals surface area contributed by atoms with Gasteiger partial charge in [0.25, 0.3) is 0 Å². The molecule has 13 heavy (non-hydrogen) atoms. The van der Waals surface area contributed by atoms with Gasteiger partial charge in [-0.2, -0.15) is 0 Å². The second-order valence-electron chi connectivity index (χ2n) is 3.88. The van der Waals surface area contributed by atoms with Crippen molar-refractivity contribution in [2.45, 2.75) is 33.0 Å². The van der Waals surface area contributed by atoms with Crippen LogP contribution in [0, 0.1) is 5.92 Å². The van der Waals surface area contributed by atoms with Crippen LogP contribution < -0.4 is 0 Å². The summed E-state index contributed by atoms with van der Waals surface area (Å²) in [4.78, 5) is 12.9. The van der Waals surface area contributed by atoms with Crippen LogP contribution in [0.1, 0.15) is 20.8 Å². The number of aliphatic hydroxyl groups excluding tert-OH is 1. The van der Waals surface area contributed by atoms with E-state index in [1.54, 1.807) is 4.90 Å². The van der Waals surface area contributed by atoms with Gasteiger partial charge in [-0.15, -0.1) is 0 Å². The molecule has 1 amide bonds. The van der Waals surface area contributed by atoms with Gasteiger partial charge in [0, 0.05) is 12.5 Å². The Kier molecular flexibility index (Phi) is 3.14. The van der Waals surface area contributed by atoms with Crippen molar-refractivity contribution in [3.63, 3.8) is 0 Å². The van der Waals surface area contributed by atoms with Crippen LogP contribution in [0.25, 0.3) is 0 Å². The molecule has 2 unspecified atom stereocenters. The van der Waals surface area contributed by atoms with E-state index in [2.05, 4.69) is 0 Å². The van der Waals surface area contributed by atoms with Crippen LogP contribution in [0.15, 0.2) is 0 Å². The van der Waals surface area contributed by atoms with Crippen LogP contribution in [-0.2, 0) is 4.74 Å². The fourth-order valence-electron chi connectivity index (χ4n) is 1.37. The van der Waals surface area contributed by atoms with Crippen molar-refractivity contribution in [1.82, 2.24) is 4.90 Å². The number of carbonyl (C=O) groups excluding carboxylic acids is 1. The van der Waals surface area contributed by atoms with E-state index in [1.807, 2.05) is 20.8 Å². The van der Waals surface area contributed by atoms with Gasteiger partial charge < -0.3 is 14.7 Å². The molecule has 0 aromatic heterocycles. The molecule has 1 saturated heterocycles. The van der Waals surface area contributed by atoms with E-state index in [4.69, 9.17) is 4.74 Å². The topological polar surface area (TPSA) is 49.8 Å². The highest BCUT2D eigenvalue weighted by Gasteiger charge is 2.31. The average molecular weight is 187 g/mol. The summed E-state index contributed by atoms with van der Waals surface area (Å²) in [5.41, 5.74) is 0. The van der Waals surface area contributed by atoms with Crippen LogP contribution in [0.2, 0.25) is 0 Å². The summed E-state index contributed by atoms with van der Waals surface area (Å²) in [5.74, 6) is 0.153. The zero-order chi connectivity index (χ0) is 10.0. The molecule has 1 aliphatic rings. The molecule has 2 atom stereocenters. The summed E-state index contributed by atoms with van der Waals surface area (Å²) in [5, 5.41) is 9.40. The minimum atomic E-state index is -0.403. The number of hydrogen-bond acceptors (Lipinski definition) is 3. The Balaban J connectivity index is 2.42. The van der Waals surface area contributed by atoms with Crippen LogP contribution in [0.4, 0.5) is 4.79 Å². The molecule has 1 N–H and O–H groups in total. The first-order valence-corrected chi connectivity index (χ1v) is 4.64. The van der Waals surface area contributed by atoms with Crippen molar-refractivity contribution in [2.75, 3.05) is 13.1 Å². The van der Waals surface area contributed by atoms with Crippen LogP contribution in [0.5, 0.6) is 0 Å². The number of nitrogens with zero attached hydrogens (tertiary/aromatic N) is 1. The van der Waals surface area contributed by atoms with E-state index >= 15 is 0 Å². The smallest absolute Gasteiger partial charge is 0.410 e. The van der Waals surface area contributed by atoms with Crippen LogP contribution in [-0.4, -0.2) is 41.4 Å². The summed E-state index contributed by atoms with van der Waals surface area (Å²) < 4.78 is 5.01. The molecule has 1 heterocycles. The molecule has 0 aliphatic carbocycles. The molecule has 1 fully saturated rings.